The number of hydrogen-bond donors (Lipinski definition) is 4. The second kappa shape index (κ2) is 11.5. The first-order valence-electron chi connectivity index (χ1n) is 13.3. The minimum Gasteiger partial charge on any atom is -0.491 e. The van der Waals surface area contributed by atoms with E-state index in [2.05, 4.69) is 25.7 Å². The average molecular weight is 544 g/mol. The SMILES string of the molecule is CCn1nc(C)cc1C(=O)Nc1nc2cc(C(N)=O)cc(OCC3CC3)c2n1CC=CCNc1ncccc1N. The molecule has 5 rings (SSSR count). The zero-order valence-electron chi connectivity index (χ0n) is 22.6. The van der Waals surface area contributed by atoms with Crippen LogP contribution in [0.25, 0.3) is 11.0 Å². The molecule has 0 aliphatic heterocycles. The fraction of sp³-hybridized carbons (Fsp3) is 0.321. The molecule has 0 saturated heterocycles. The molecule has 0 atom stereocenters. The largest absolute Gasteiger partial charge is 0.491 e. The van der Waals surface area contributed by atoms with Crippen LogP contribution in [0.3, 0.4) is 0 Å². The summed E-state index contributed by atoms with van der Waals surface area (Å²) in [5, 5.41) is 10.5. The van der Waals surface area contributed by atoms with E-state index in [0.29, 0.717) is 72.1 Å². The molecule has 208 valence electrons. The number of benzene rings is 1. The number of rotatable bonds is 12. The number of nitrogen functional groups attached to an aromatic ring is 1. The van der Waals surface area contributed by atoms with E-state index in [1.807, 2.05) is 30.6 Å². The molecule has 4 aromatic rings. The number of anilines is 3. The van der Waals surface area contributed by atoms with Crippen molar-refractivity contribution in [3.8, 4) is 5.75 Å². The number of nitrogens with zero attached hydrogens (tertiary/aromatic N) is 5. The van der Waals surface area contributed by atoms with Crippen LogP contribution in [0.2, 0.25) is 0 Å². The molecule has 3 heterocycles. The number of ether oxygens (including phenoxy) is 1. The first-order chi connectivity index (χ1) is 19.3. The molecule has 3 aromatic heterocycles. The number of nitrogens with one attached hydrogen (secondary N) is 2. The first-order valence-corrected chi connectivity index (χ1v) is 13.3. The molecule has 1 fully saturated rings. The van der Waals surface area contributed by atoms with Crippen LogP contribution in [0.5, 0.6) is 5.75 Å². The highest BCUT2D eigenvalue weighted by molar-refractivity contribution is 6.04. The number of imidazole rings is 1. The van der Waals surface area contributed by atoms with Gasteiger partial charge in [0.1, 0.15) is 22.8 Å². The Morgan fingerprint density at radius 1 is 1.23 bits per heavy atom. The summed E-state index contributed by atoms with van der Waals surface area (Å²) in [6.45, 7) is 5.69. The summed E-state index contributed by atoms with van der Waals surface area (Å²) in [6.07, 6.45) is 7.77. The van der Waals surface area contributed by atoms with E-state index in [0.717, 1.165) is 18.5 Å². The van der Waals surface area contributed by atoms with Gasteiger partial charge in [0.15, 0.2) is 0 Å². The molecule has 2 amide bonds. The third-order valence-electron chi connectivity index (χ3n) is 6.60. The maximum Gasteiger partial charge on any atom is 0.276 e. The number of aromatic nitrogens is 5. The van der Waals surface area contributed by atoms with Crippen molar-refractivity contribution in [2.24, 2.45) is 11.7 Å². The van der Waals surface area contributed by atoms with Gasteiger partial charge in [-0.05, 0) is 62.9 Å². The summed E-state index contributed by atoms with van der Waals surface area (Å²) in [5.41, 5.74) is 14.7. The number of aryl methyl sites for hydroxylation is 2. The number of primary amides is 1. The molecule has 12 heteroatoms. The summed E-state index contributed by atoms with van der Waals surface area (Å²) in [4.78, 5) is 34.3. The van der Waals surface area contributed by atoms with Crippen molar-refractivity contribution < 1.29 is 14.3 Å². The lowest BCUT2D eigenvalue weighted by Crippen LogP contribution is -2.20. The van der Waals surface area contributed by atoms with E-state index in [4.69, 9.17) is 16.2 Å². The standard InChI is InChI=1S/C28H33N9O3/c1-3-37-22(13-17(2)35-37)27(39)34-28-33-21-14-19(25(30)38)15-23(40-16-18-8-9-18)24(21)36(28)12-5-4-10-31-26-20(29)7-6-11-32-26/h4-7,11,13-15,18H,3,8-10,12,16,29H2,1-2H3,(H2,30,38)(H,31,32)(H,33,34,39). The van der Waals surface area contributed by atoms with Crippen LogP contribution in [-0.4, -0.2) is 49.3 Å². The molecule has 0 unspecified atom stereocenters. The third-order valence-corrected chi connectivity index (χ3v) is 6.60. The lowest BCUT2D eigenvalue weighted by molar-refractivity contribution is 0.0995. The van der Waals surface area contributed by atoms with Crippen molar-refractivity contribution in [2.45, 2.75) is 39.8 Å². The van der Waals surface area contributed by atoms with E-state index < -0.39 is 5.91 Å². The number of pyridine rings is 1. The van der Waals surface area contributed by atoms with Gasteiger partial charge in [0.2, 0.25) is 11.9 Å². The zero-order chi connectivity index (χ0) is 28.2. The molecule has 0 radical (unpaired) electrons. The normalized spacial score (nSPS) is 13.2. The molecule has 0 spiro atoms. The Morgan fingerprint density at radius 3 is 2.77 bits per heavy atom. The van der Waals surface area contributed by atoms with E-state index in [1.54, 1.807) is 41.2 Å². The van der Waals surface area contributed by atoms with Crippen LogP contribution in [0.1, 0.15) is 46.3 Å². The molecular weight excluding hydrogens is 510 g/mol. The third kappa shape index (κ3) is 5.90. The minimum atomic E-state index is -0.583. The number of fused-ring (bicyclic) bond motifs is 1. The topological polar surface area (TPSA) is 168 Å². The Bertz CT molecular complexity index is 1580. The van der Waals surface area contributed by atoms with Crippen molar-refractivity contribution in [3.05, 3.63) is 65.6 Å². The van der Waals surface area contributed by atoms with Gasteiger partial charge in [-0.3, -0.25) is 19.6 Å². The number of carbonyl (C=O) groups is 2. The van der Waals surface area contributed by atoms with Crippen LogP contribution in [0.4, 0.5) is 17.5 Å². The molecule has 1 aliphatic carbocycles. The van der Waals surface area contributed by atoms with Gasteiger partial charge in [0.25, 0.3) is 5.91 Å². The second-order valence-corrected chi connectivity index (χ2v) is 9.74. The lowest BCUT2D eigenvalue weighted by atomic mass is 10.1. The Balaban J connectivity index is 1.48. The molecule has 1 saturated carbocycles. The highest BCUT2D eigenvalue weighted by atomic mass is 16.5. The molecular formula is C28H33N9O3. The highest BCUT2D eigenvalue weighted by Crippen LogP contribution is 2.34. The number of carbonyl (C=O) groups excluding carboxylic acids is 2. The van der Waals surface area contributed by atoms with Gasteiger partial charge in [-0.2, -0.15) is 5.10 Å². The van der Waals surface area contributed by atoms with Gasteiger partial charge >= 0.3 is 0 Å². The summed E-state index contributed by atoms with van der Waals surface area (Å²) in [6, 6.07) is 8.54. The Labute approximate surface area is 231 Å². The number of nitrogens with two attached hydrogens (primary N) is 2. The molecule has 1 aromatic carbocycles. The van der Waals surface area contributed by atoms with Crippen molar-refractivity contribution in [1.82, 2.24) is 24.3 Å². The smallest absolute Gasteiger partial charge is 0.276 e. The zero-order valence-corrected chi connectivity index (χ0v) is 22.6. The van der Waals surface area contributed by atoms with E-state index in [9.17, 15) is 9.59 Å². The van der Waals surface area contributed by atoms with Crippen molar-refractivity contribution >= 4 is 40.3 Å². The Kier molecular flexibility index (Phi) is 7.67. The van der Waals surface area contributed by atoms with Crippen LogP contribution in [0, 0.1) is 12.8 Å². The summed E-state index contributed by atoms with van der Waals surface area (Å²) >= 11 is 0. The van der Waals surface area contributed by atoms with Crippen LogP contribution < -0.4 is 26.8 Å². The number of amides is 2. The van der Waals surface area contributed by atoms with Crippen molar-refractivity contribution in [1.29, 1.82) is 0 Å². The van der Waals surface area contributed by atoms with Crippen LogP contribution in [0.15, 0.2) is 48.7 Å². The van der Waals surface area contributed by atoms with Gasteiger partial charge in [0, 0.05) is 31.4 Å². The molecule has 40 heavy (non-hydrogen) atoms. The van der Waals surface area contributed by atoms with E-state index in [-0.39, 0.29) is 11.5 Å². The fourth-order valence-electron chi connectivity index (χ4n) is 4.37. The summed E-state index contributed by atoms with van der Waals surface area (Å²) in [5.74, 6) is 0.974. The molecule has 0 bridgehead atoms. The molecule has 12 nitrogen and oxygen atoms in total. The lowest BCUT2D eigenvalue weighted by Gasteiger charge is -2.13. The van der Waals surface area contributed by atoms with Gasteiger partial charge < -0.3 is 26.1 Å². The predicted octanol–water partition coefficient (Wildman–Crippen LogP) is 3.35. The quantitative estimate of drug-likeness (QED) is 0.197. The Morgan fingerprint density at radius 2 is 2.05 bits per heavy atom. The van der Waals surface area contributed by atoms with Crippen LogP contribution >= 0.6 is 0 Å². The maximum atomic E-state index is 13.3. The van der Waals surface area contributed by atoms with Crippen molar-refractivity contribution in [2.75, 3.05) is 29.5 Å². The number of hydrogen-bond acceptors (Lipinski definition) is 8. The van der Waals surface area contributed by atoms with E-state index >= 15 is 0 Å². The summed E-state index contributed by atoms with van der Waals surface area (Å²) in [7, 11) is 0. The van der Waals surface area contributed by atoms with Crippen molar-refractivity contribution in [3.63, 3.8) is 0 Å². The average Bonchev–Trinajstić information content (AvgIpc) is 3.59. The molecule has 6 N–H and O–H groups in total. The number of allylic oxidation sites excluding steroid dienone is 1. The van der Waals surface area contributed by atoms with Gasteiger partial charge in [-0.15, -0.1) is 0 Å². The fourth-order valence-corrected chi connectivity index (χ4v) is 4.37. The van der Waals surface area contributed by atoms with E-state index in [1.165, 1.54) is 0 Å². The van der Waals surface area contributed by atoms with Gasteiger partial charge in [-0.1, -0.05) is 12.2 Å². The van der Waals surface area contributed by atoms with Crippen LogP contribution in [-0.2, 0) is 13.1 Å². The highest BCUT2D eigenvalue weighted by Gasteiger charge is 2.25. The summed E-state index contributed by atoms with van der Waals surface area (Å²) < 4.78 is 9.66. The minimum absolute atomic E-state index is 0.285. The van der Waals surface area contributed by atoms with Gasteiger partial charge in [-0.25, -0.2) is 9.97 Å². The predicted molar refractivity (Wildman–Crippen MR) is 153 cm³/mol. The first kappa shape index (κ1) is 26.7. The van der Waals surface area contributed by atoms with Gasteiger partial charge in [0.05, 0.1) is 23.5 Å². The second-order valence-electron chi connectivity index (χ2n) is 9.74. The monoisotopic (exact) mass is 543 g/mol. The Hall–Kier alpha value is -4.87. The molecule has 1 aliphatic rings. The maximum absolute atomic E-state index is 13.3.